The highest BCUT2D eigenvalue weighted by molar-refractivity contribution is 5.79. The molecular weight excluding hydrogens is 404 g/mol. The Balaban J connectivity index is 1.41. The van der Waals surface area contributed by atoms with Crippen LogP contribution in [-0.4, -0.2) is 34.4 Å². The molecule has 0 aliphatic heterocycles. The summed E-state index contributed by atoms with van der Waals surface area (Å²) in [7, 11) is 0. The Morgan fingerprint density at radius 1 is 1.06 bits per heavy atom. The maximum absolute atomic E-state index is 12.6. The van der Waals surface area contributed by atoms with Crippen LogP contribution in [-0.2, 0) is 22.5 Å². The first kappa shape index (κ1) is 21.7. The van der Waals surface area contributed by atoms with Crippen LogP contribution in [0.15, 0.2) is 67.0 Å². The van der Waals surface area contributed by atoms with E-state index in [0.717, 1.165) is 23.2 Å². The third-order valence-electron chi connectivity index (χ3n) is 6.03. The molecular formula is C26H28N2O4. The average molecular weight is 433 g/mol. The molecule has 0 bridgehead atoms. The van der Waals surface area contributed by atoms with Crippen LogP contribution in [0.4, 0.5) is 4.79 Å². The molecule has 3 aromatic rings. The summed E-state index contributed by atoms with van der Waals surface area (Å²) in [6, 6.07) is 18.1. The summed E-state index contributed by atoms with van der Waals surface area (Å²) >= 11 is 0. The number of amides is 1. The number of ether oxygens (including phenoxy) is 1. The summed E-state index contributed by atoms with van der Waals surface area (Å²) in [6.07, 6.45) is 4.38. The second-order valence-corrected chi connectivity index (χ2v) is 8.15. The minimum absolute atomic E-state index is 0.00999. The Bertz CT molecular complexity index is 1060. The Morgan fingerprint density at radius 3 is 2.31 bits per heavy atom. The van der Waals surface area contributed by atoms with Crippen LogP contribution in [0.2, 0.25) is 0 Å². The van der Waals surface area contributed by atoms with Crippen LogP contribution in [0.5, 0.6) is 0 Å². The lowest BCUT2D eigenvalue weighted by atomic mass is 9.98. The van der Waals surface area contributed by atoms with E-state index in [1.165, 1.54) is 11.1 Å². The van der Waals surface area contributed by atoms with Gasteiger partial charge in [0.2, 0.25) is 0 Å². The second-order valence-electron chi connectivity index (χ2n) is 8.15. The van der Waals surface area contributed by atoms with Crippen molar-refractivity contribution in [1.29, 1.82) is 0 Å². The third kappa shape index (κ3) is 4.85. The Morgan fingerprint density at radius 2 is 1.72 bits per heavy atom. The summed E-state index contributed by atoms with van der Waals surface area (Å²) in [4.78, 5) is 23.7. The van der Waals surface area contributed by atoms with Gasteiger partial charge in [0.25, 0.3) is 0 Å². The highest BCUT2D eigenvalue weighted by Gasteiger charge is 2.29. The molecule has 1 aliphatic rings. The van der Waals surface area contributed by atoms with Crippen LogP contribution in [0.25, 0.3) is 11.1 Å². The van der Waals surface area contributed by atoms with Gasteiger partial charge in [0, 0.05) is 37.3 Å². The first-order valence-electron chi connectivity index (χ1n) is 11.0. The topological polar surface area (TPSA) is 80.6 Å². The molecule has 0 saturated carbocycles. The lowest BCUT2D eigenvalue weighted by Gasteiger charge is -2.19. The Labute approximate surface area is 187 Å². The number of carboxylic acids is 1. The number of carboxylic acid groups (broad SMARTS) is 1. The molecule has 1 amide bonds. The van der Waals surface area contributed by atoms with E-state index in [4.69, 9.17) is 9.84 Å². The van der Waals surface area contributed by atoms with Crippen molar-refractivity contribution in [3.63, 3.8) is 0 Å². The van der Waals surface area contributed by atoms with E-state index in [-0.39, 0.29) is 25.0 Å². The summed E-state index contributed by atoms with van der Waals surface area (Å²) in [5.41, 5.74) is 5.73. The molecule has 6 nitrogen and oxygen atoms in total. The minimum atomic E-state index is -0.879. The zero-order valence-corrected chi connectivity index (χ0v) is 18.2. The van der Waals surface area contributed by atoms with E-state index in [9.17, 15) is 9.59 Å². The molecule has 166 valence electrons. The predicted octanol–water partition coefficient (Wildman–Crippen LogP) is 4.82. The van der Waals surface area contributed by atoms with E-state index >= 15 is 0 Å². The van der Waals surface area contributed by atoms with Crippen molar-refractivity contribution >= 4 is 12.1 Å². The van der Waals surface area contributed by atoms with E-state index in [1.54, 1.807) is 0 Å². The average Bonchev–Trinajstić information content (AvgIpc) is 3.38. The van der Waals surface area contributed by atoms with Crippen LogP contribution in [0.1, 0.15) is 42.4 Å². The van der Waals surface area contributed by atoms with Crippen LogP contribution >= 0.6 is 0 Å². The van der Waals surface area contributed by atoms with Gasteiger partial charge in [-0.3, -0.25) is 4.79 Å². The van der Waals surface area contributed by atoms with Crippen LogP contribution in [0, 0.1) is 0 Å². The van der Waals surface area contributed by atoms with Crippen molar-refractivity contribution in [2.45, 2.75) is 44.7 Å². The van der Waals surface area contributed by atoms with Gasteiger partial charge in [0.15, 0.2) is 0 Å². The molecule has 6 heteroatoms. The molecule has 1 aliphatic carbocycles. The number of rotatable bonds is 9. The number of carbonyl (C=O) groups excluding carboxylic acids is 1. The SMILES string of the molecule is CCn1ccc(CC(CCC(=O)O)NC(=O)OCC2c3ccccc3-c3ccccc32)c1. The standard InChI is InChI=1S/C26H28N2O4/c1-2-28-14-13-18(16-28)15-19(11-12-25(29)30)27-26(31)32-17-24-22-9-5-3-7-20(22)21-8-4-6-10-23(21)24/h3-10,13-14,16,19,24H,2,11-12,15,17H2,1H3,(H,27,31)(H,29,30). The Hall–Kier alpha value is -3.54. The quantitative estimate of drug-likeness (QED) is 0.508. The molecule has 2 aromatic carbocycles. The number of hydrogen-bond acceptors (Lipinski definition) is 3. The van der Waals surface area contributed by atoms with Gasteiger partial charge in [0.05, 0.1) is 0 Å². The third-order valence-corrected chi connectivity index (χ3v) is 6.03. The molecule has 2 N–H and O–H groups in total. The van der Waals surface area contributed by atoms with Gasteiger partial charge in [-0.05, 0) is 53.6 Å². The van der Waals surface area contributed by atoms with E-state index < -0.39 is 12.1 Å². The lowest BCUT2D eigenvalue weighted by molar-refractivity contribution is -0.137. The van der Waals surface area contributed by atoms with Gasteiger partial charge in [-0.2, -0.15) is 0 Å². The fraction of sp³-hybridized carbons (Fsp3) is 0.308. The molecule has 4 rings (SSSR count). The van der Waals surface area contributed by atoms with Gasteiger partial charge in [0.1, 0.15) is 6.61 Å². The number of aromatic nitrogens is 1. The fourth-order valence-electron chi connectivity index (χ4n) is 4.42. The van der Waals surface area contributed by atoms with Crippen molar-refractivity contribution < 1.29 is 19.4 Å². The molecule has 1 heterocycles. The zero-order valence-electron chi connectivity index (χ0n) is 18.2. The molecule has 0 spiro atoms. The lowest BCUT2D eigenvalue weighted by Crippen LogP contribution is -2.37. The second kappa shape index (κ2) is 9.73. The Kier molecular flexibility index (Phi) is 6.59. The maximum Gasteiger partial charge on any atom is 0.407 e. The largest absolute Gasteiger partial charge is 0.481 e. The van der Waals surface area contributed by atoms with Gasteiger partial charge in [-0.15, -0.1) is 0 Å². The van der Waals surface area contributed by atoms with Gasteiger partial charge >= 0.3 is 12.1 Å². The molecule has 1 aromatic heterocycles. The van der Waals surface area contributed by atoms with Crippen molar-refractivity contribution in [3.8, 4) is 11.1 Å². The van der Waals surface area contributed by atoms with Crippen molar-refractivity contribution in [1.82, 2.24) is 9.88 Å². The van der Waals surface area contributed by atoms with E-state index in [1.807, 2.05) is 42.7 Å². The molecule has 32 heavy (non-hydrogen) atoms. The number of aryl methyl sites for hydroxylation is 1. The molecule has 0 fully saturated rings. The molecule has 1 unspecified atom stereocenters. The highest BCUT2D eigenvalue weighted by Crippen LogP contribution is 2.44. The van der Waals surface area contributed by atoms with E-state index in [0.29, 0.717) is 12.8 Å². The first-order chi connectivity index (χ1) is 15.5. The number of alkyl carbamates (subject to hydrolysis) is 1. The summed E-state index contributed by atoms with van der Waals surface area (Å²) in [5, 5.41) is 12.0. The maximum atomic E-state index is 12.6. The number of nitrogens with one attached hydrogen (secondary N) is 1. The summed E-state index contributed by atoms with van der Waals surface area (Å²) in [5.74, 6) is -0.889. The van der Waals surface area contributed by atoms with Crippen molar-refractivity contribution in [3.05, 3.63) is 83.7 Å². The number of nitrogens with zero attached hydrogens (tertiary/aromatic N) is 1. The van der Waals surface area contributed by atoms with E-state index in [2.05, 4.69) is 41.1 Å². The zero-order chi connectivity index (χ0) is 22.5. The highest BCUT2D eigenvalue weighted by atomic mass is 16.5. The number of carbonyl (C=O) groups is 2. The van der Waals surface area contributed by atoms with Crippen LogP contribution < -0.4 is 5.32 Å². The predicted molar refractivity (Wildman–Crippen MR) is 123 cm³/mol. The first-order valence-corrected chi connectivity index (χ1v) is 11.0. The molecule has 0 radical (unpaired) electrons. The monoisotopic (exact) mass is 432 g/mol. The fourth-order valence-corrected chi connectivity index (χ4v) is 4.42. The summed E-state index contributed by atoms with van der Waals surface area (Å²) < 4.78 is 7.69. The smallest absolute Gasteiger partial charge is 0.407 e. The van der Waals surface area contributed by atoms with Crippen LogP contribution in [0.3, 0.4) is 0 Å². The van der Waals surface area contributed by atoms with Gasteiger partial charge in [-0.1, -0.05) is 48.5 Å². The van der Waals surface area contributed by atoms with Crippen molar-refractivity contribution in [2.75, 3.05) is 6.61 Å². The number of aliphatic carboxylic acids is 1. The summed E-state index contributed by atoms with van der Waals surface area (Å²) in [6.45, 7) is 3.15. The number of fused-ring (bicyclic) bond motifs is 3. The van der Waals surface area contributed by atoms with Crippen molar-refractivity contribution in [2.24, 2.45) is 0 Å². The number of hydrogen-bond donors (Lipinski definition) is 2. The number of benzene rings is 2. The van der Waals surface area contributed by atoms with Gasteiger partial charge < -0.3 is 19.7 Å². The normalized spacial score (nSPS) is 13.3. The minimum Gasteiger partial charge on any atom is -0.481 e. The molecule has 0 saturated heterocycles. The van der Waals surface area contributed by atoms with Gasteiger partial charge in [-0.25, -0.2) is 4.79 Å². The molecule has 1 atom stereocenters.